The molecule has 0 heterocycles. The van der Waals surface area contributed by atoms with Gasteiger partial charge in [0.15, 0.2) is 5.75 Å². The molecule has 1 aliphatic carbocycles. The molecule has 2 rings (SSSR count). The van der Waals surface area contributed by atoms with Gasteiger partial charge in [-0.3, -0.25) is 14.9 Å². The van der Waals surface area contributed by atoms with Crippen LogP contribution in [0.4, 0.5) is 18.9 Å². The van der Waals surface area contributed by atoms with Crippen molar-refractivity contribution in [1.29, 1.82) is 0 Å². The fourth-order valence-electron chi connectivity index (χ4n) is 1.71. The second kappa shape index (κ2) is 4.36. The smallest absolute Gasteiger partial charge is 0.411 e. The molecule has 1 amide bonds. The lowest BCUT2D eigenvalue weighted by atomic mass is 10.1. The van der Waals surface area contributed by atoms with Crippen molar-refractivity contribution in [1.82, 2.24) is 5.32 Å². The van der Waals surface area contributed by atoms with E-state index in [-0.39, 0.29) is 18.4 Å². The van der Waals surface area contributed by atoms with Gasteiger partial charge in [0.2, 0.25) is 0 Å². The van der Waals surface area contributed by atoms with Gasteiger partial charge in [-0.2, -0.15) is 13.2 Å². The molecule has 0 aromatic heterocycles. The van der Waals surface area contributed by atoms with Gasteiger partial charge in [-0.25, -0.2) is 0 Å². The Hall–Kier alpha value is -2.32. The van der Waals surface area contributed by atoms with E-state index in [1.807, 2.05) is 5.32 Å². The minimum absolute atomic E-state index is 0.207. The number of benzene rings is 1. The normalized spacial score (nSPS) is 16.6. The number of nitrogens with zero attached hydrogens (tertiary/aromatic N) is 1. The Balaban J connectivity index is 2.19. The average Bonchev–Trinajstić information content (AvgIpc) is 3.08. The lowest BCUT2D eigenvalue weighted by Crippen LogP contribution is -2.47. The zero-order valence-corrected chi connectivity index (χ0v) is 9.90. The number of phenols is 1. The molecule has 0 aliphatic heterocycles. The van der Waals surface area contributed by atoms with E-state index in [1.165, 1.54) is 0 Å². The summed E-state index contributed by atoms with van der Waals surface area (Å²) in [6, 6.07) is 2.61. The number of aromatic hydroxyl groups is 1. The summed E-state index contributed by atoms with van der Waals surface area (Å²) in [6.07, 6.45) is -4.96. The number of carbonyl (C=O) groups is 1. The highest BCUT2D eigenvalue weighted by molar-refractivity contribution is 5.95. The van der Waals surface area contributed by atoms with Gasteiger partial charge in [-0.1, -0.05) is 0 Å². The summed E-state index contributed by atoms with van der Waals surface area (Å²) >= 11 is 0. The minimum Gasteiger partial charge on any atom is -0.502 e. The van der Waals surface area contributed by atoms with Crippen molar-refractivity contribution in [2.45, 2.75) is 24.6 Å². The van der Waals surface area contributed by atoms with Crippen LogP contribution in [0, 0.1) is 10.1 Å². The Morgan fingerprint density at radius 3 is 2.40 bits per heavy atom. The van der Waals surface area contributed by atoms with Crippen molar-refractivity contribution in [3.8, 4) is 5.75 Å². The standard InChI is InChI=1S/C11H9F3N2O4/c12-11(13,14)10(3-4-10)15-9(18)6-1-2-7(16(19)20)8(17)5-6/h1-2,5,17H,3-4H2,(H,15,18). The number of nitrogens with one attached hydrogen (secondary N) is 1. The molecule has 1 saturated carbocycles. The molecular formula is C11H9F3N2O4. The number of nitro groups is 1. The molecule has 0 bridgehead atoms. The van der Waals surface area contributed by atoms with E-state index >= 15 is 0 Å². The van der Waals surface area contributed by atoms with Crippen molar-refractivity contribution < 1.29 is 28.0 Å². The molecule has 20 heavy (non-hydrogen) atoms. The number of rotatable bonds is 3. The van der Waals surface area contributed by atoms with E-state index in [9.17, 15) is 33.2 Å². The van der Waals surface area contributed by atoms with Gasteiger partial charge in [0, 0.05) is 11.6 Å². The maximum atomic E-state index is 12.7. The lowest BCUT2D eigenvalue weighted by Gasteiger charge is -2.20. The summed E-state index contributed by atoms with van der Waals surface area (Å²) in [5.74, 6) is -1.82. The van der Waals surface area contributed by atoms with Crippen molar-refractivity contribution in [2.75, 3.05) is 0 Å². The molecule has 6 nitrogen and oxygen atoms in total. The summed E-state index contributed by atoms with van der Waals surface area (Å²) in [6.45, 7) is 0. The van der Waals surface area contributed by atoms with Crippen LogP contribution in [0.15, 0.2) is 18.2 Å². The van der Waals surface area contributed by atoms with Crippen LogP contribution in [0.25, 0.3) is 0 Å². The van der Waals surface area contributed by atoms with Crippen LogP contribution in [0.1, 0.15) is 23.2 Å². The van der Waals surface area contributed by atoms with Crippen LogP contribution in [0.2, 0.25) is 0 Å². The highest BCUT2D eigenvalue weighted by Gasteiger charge is 2.64. The van der Waals surface area contributed by atoms with Crippen LogP contribution in [0.5, 0.6) is 5.75 Å². The summed E-state index contributed by atoms with van der Waals surface area (Å²) in [4.78, 5) is 21.3. The van der Waals surface area contributed by atoms with E-state index in [0.717, 1.165) is 18.2 Å². The fourth-order valence-corrected chi connectivity index (χ4v) is 1.71. The van der Waals surface area contributed by atoms with Gasteiger partial charge in [-0.05, 0) is 25.0 Å². The monoisotopic (exact) mass is 290 g/mol. The van der Waals surface area contributed by atoms with Crippen LogP contribution in [0.3, 0.4) is 0 Å². The first kappa shape index (κ1) is 14.1. The molecule has 2 N–H and O–H groups in total. The number of amides is 1. The van der Waals surface area contributed by atoms with Gasteiger partial charge in [0.1, 0.15) is 5.54 Å². The van der Waals surface area contributed by atoms with E-state index in [0.29, 0.717) is 0 Å². The van der Waals surface area contributed by atoms with Gasteiger partial charge >= 0.3 is 11.9 Å². The minimum atomic E-state index is -4.55. The number of carbonyl (C=O) groups excluding carboxylic acids is 1. The van der Waals surface area contributed by atoms with E-state index < -0.39 is 34.0 Å². The largest absolute Gasteiger partial charge is 0.502 e. The fraction of sp³-hybridized carbons (Fsp3) is 0.364. The predicted molar refractivity (Wildman–Crippen MR) is 60.2 cm³/mol. The van der Waals surface area contributed by atoms with E-state index in [4.69, 9.17) is 0 Å². The second-order valence-corrected chi connectivity index (χ2v) is 4.49. The first-order chi connectivity index (χ1) is 9.16. The first-order valence-corrected chi connectivity index (χ1v) is 5.53. The van der Waals surface area contributed by atoms with Crippen molar-refractivity contribution in [2.24, 2.45) is 0 Å². The summed E-state index contributed by atoms with van der Waals surface area (Å²) in [7, 11) is 0. The van der Waals surface area contributed by atoms with Crippen molar-refractivity contribution >= 4 is 11.6 Å². The van der Waals surface area contributed by atoms with Crippen molar-refractivity contribution in [3.05, 3.63) is 33.9 Å². The maximum absolute atomic E-state index is 12.7. The predicted octanol–water partition coefficient (Wildman–Crippen LogP) is 2.13. The highest BCUT2D eigenvalue weighted by Crippen LogP contribution is 2.49. The Morgan fingerprint density at radius 2 is 2.00 bits per heavy atom. The molecule has 1 aromatic carbocycles. The third-order valence-corrected chi connectivity index (χ3v) is 3.08. The average molecular weight is 290 g/mol. The number of hydrogen-bond acceptors (Lipinski definition) is 4. The molecule has 108 valence electrons. The molecule has 9 heteroatoms. The van der Waals surface area contributed by atoms with Gasteiger partial charge in [0.05, 0.1) is 4.92 Å². The number of alkyl halides is 3. The molecule has 1 aliphatic rings. The molecule has 0 saturated heterocycles. The van der Waals surface area contributed by atoms with Gasteiger partial charge in [0.25, 0.3) is 5.91 Å². The number of nitro benzene ring substituents is 1. The Bertz CT molecular complexity index is 582. The van der Waals surface area contributed by atoms with Gasteiger partial charge in [-0.15, -0.1) is 0 Å². The number of halogens is 3. The zero-order valence-electron chi connectivity index (χ0n) is 9.90. The van der Waals surface area contributed by atoms with Crippen LogP contribution in [-0.2, 0) is 0 Å². The zero-order chi connectivity index (χ0) is 15.1. The Labute approximate surface area is 110 Å². The quantitative estimate of drug-likeness (QED) is 0.658. The molecule has 0 spiro atoms. The third-order valence-electron chi connectivity index (χ3n) is 3.08. The third kappa shape index (κ3) is 2.38. The van der Waals surface area contributed by atoms with Crippen molar-refractivity contribution in [3.63, 3.8) is 0 Å². The van der Waals surface area contributed by atoms with E-state index in [2.05, 4.69) is 0 Å². The molecule has 1 fully saturated rings. The van der Waals surface area contributed by atoms with E-state index in [1.54, 1.807) is 0 Å². The first-order valence-electron chi connectivity index (χ1n) is 5.53. The summed E-state index contributed by atoms with van der Waals surface area (Å²) < 4.78 is 38.0. The second-order valence-electron chi connectivity index (χ2n) is 4.49. The highest BCUT2D eigenvalue weighted by atomic mass is 19.4. The van der Waals surface area contributed by atoms with Crippen LogP contribution in [-0.4, -0.2) is 27.7 Å². The Morgan fingerprint density at radius 1 is 1.40 bits per heavy atom. The molecular weight excluding hydrogens is 281 g/mol. The lowest BCUT2D eigenvalue weighted by molar-refractivity contribution is -0.385. The number of phenolic OH excluding ortho intramolecular Hbond substituents is 1. The Kier molecular flexibility index (Phi) is 3.07. The summed E-state index contributed by atoms with van der Waals surface area (Å²) in [5.41, 5.74) is -3.12. The number of hydrogen-bond donors (Lipinski definition) is 2. The van der Waals surface area contributed by atoms with Crippen LogP contribution < -0.4 is 5.32 Å². The molecule has 0 radical (unpaired) electrons. The molecule has 0 unspecified atom stereocenters. The topological polar surface area (TPSA) is 92.5 Å². The molecule has 1 aromatic rings. The SMILES string of the molecule is O=C(NC1(C(F)(F)F)CC1)c1ccc([N+](=O)[O-])c(O)c1. The van der Waals surface area contributed by atoms with Crippen LogP contribution >= 0.6 is 0 Å². The maximum Gasteiger partial charge on any atom is 0.411 e. The summed E-state index contributed by atoms with van der Waals surface area (Å²) in [5, 5.41) is 21.7. The molecule has 0 atom stereocenters. The van der Waals surface area contributed by atoms with Gasteiger partial charge < -0.3 is 10.4 Å².